The summed E-state index contributed by atoms with van der Waals surface area (Å²) < 4.78 is 16.1. The molecule has 0 aliphatic carbocycles. The van der Waals surface area contributed by atoms with E-state index in [0.29, 0.717) is 22.7 Å². The third-order valence-corrected chi connectivity index (χ3v) is 5.27. The van der Waals surface area contributed by atoms with Crippen molar-refractivity contribution < 1.29 is 33.1 Å². The number of H-pyrrole nitrogens is 1. The number of aromatic nitrogens is 2. The quantitative estimate of drug-likeness (QED) is 0.299. The maximum Gasteiger partial charge on any atom is 0.431 e. The molecule has 11 nitrogen and oxygen atoms in total. The summed E-state index contributed by atoms with van der Waals surface area (Å²) in [5, 5.41) is 5.49. The molecule has 1 fully saturated rings. The first-order valence-electron chi connectivity index (χ1n) is 9.98. The summed E-state index contributed by atoms with van der Waals surface area (Å²) in [5.74, 6) is -0.718. The van der Waals surface area contributed by atoms with Crippen LogP contribution in [0.4, 0.5) is 5.69 Å². The molecule has 1 atom stereocenters. The van der Waals surface area contributed by atoms with Gasteiger partial charge in [-0.15, -0.1) is 0 Å². The van der Waals surface area contributed by atoms with Crippen molar-refractivity contribution in [3.63, 3.8) is 0 Å². The number of nitrogens with zero attached hydrogens (tertiary/aromatic N) is 2. The van der Waals surface area contributed by atoms with Crippen LogP contribution in [-0.2, 0) is 20.9 Å². The van der Waals surface area contributed by atoms with Crippen LogP contribution in [0.25, 0.3) is 5.69 Å². The summed E-state index contributed by atoms with van der Waals surface area (Å²) in [5.41, 5.74) is 0.889. The first kappa shape index (κ1) is 22.0. The fraction of sp³-hybridized carbons (Fsp3) is 0.227. The van der Waals surface area contributed by atoms with E-state index in [2.05, 4.69) is 15.3 Å². The van der Waals surface area contributed by atoms with Crippen molar-refractivity contribution in [2.24, 2.45) is 0 Å². The lowest BCUT2D eigenvalue weighted by atomic mass is 10.2. The number of hydrogen-bond donors (Lipinski definition) is 2. The Kier molecular flexibility index (Phi) is 6.05. The number of imide groups is 1. The molecule has 2 N–H and O–H groups in total. The minimum Gasteiger partial charge on any atom is -0.497 e. The molecule has 1 aliphatic heterocycles. The zero-order valence-corrected chi connectivity index (χ0v) is 17.9. The second-order valence-corrected chi connectivity index (χ2v) is 7.20. The van der Waals surface area contributed by atoms with Crippen LogP contribution in [0.3, 0.4) is 0 Å². The van der Waals surface area contributed by atoms with E-state index >= 15 is 0 Å². The standard InChI is InChI=1S/C22H20N4O7/c1-31-16-9-7-15(8-10-16)26-18(22(30)33-24-26)12-23-17-11-19(27)25(20(17)28)14-5-3-13(4-6-14)21(29)32-2/h3-10,17,23H,11-12H2,1-2H3/p+1. The van der Waals surface area contributed by atoms with Gasteiger partial charge in [0.1, 0.15) is 5.75 Å². The number of esters is 1. The van der Waals surface area contributed by atoms with Crippen LogP contribution in [0.5, 0.6) is 5.75 Å². The normalized spacial score (nSPS) is 15.7. The Morgan fingerprint density at radius 3 is 2.45 bits per heavy atom. The Labute approximate surface area is 187 Å². The SMILES string of the molecule is COC(=O)c1ccc(N2C(=O)CC(NCc3c(=O)o[nH][n+]3-c3ccc(OC)cc3)C2=O)cc1. The van der Waals surface area contributed by atoms with E-state index in [4.69, 9.17) is 9.26 Å². The molecule has 2 aromatic carbocycles. The van der Waals surface area contributed by atoms with Gasteiger partial charge in [-0.25, -0.2) is 14.5 Å². The maximum absolute atomic E-state index is 12.9. The molecule has 2 amide bonds. The molecule has 0 bridgehead atoms. The van der Waals surface area contributed by atoms with Crippen molar-refractivity contribution in [1.82, 2.24) is 10.6 Å². The Bertz CT molecular complexity index is 1240. The van der Waals surface area contributed by atoms with E-state index < -0.39 is 29.5 Å². The summed E-state index contributed by atoms with van der Waals surface area (Å²) in [6.45, 7) is -0.0172. The zero-order chi connectivity index (χ0) is 23.5. The highest BCUT2D eigenvalue weighted by atomic mass is 16.5. The number of aromatic amines is 1. The predicted octanol–water partition coefficient (Wildman–Crippen LogP) is 0.462. The van der Waals surface area contributed by atoms with Crippen LogP contribution in [0, 0.1) is 0 Å². The smallest absolute Gasteiger partial charge is 0.431 e. The fourth-order valence-electron chi connectivity index (χ4n) is 3.53. The van der Waals surface area contributed by atoms with Crippen LogP contribution in [0.2, 0.25) is 0 Å². The Balaban J connectivity index is 1.48. The Hall–Kier alpha value is -4.25. The van der Waals surface area contributed by atoms with Crippen molar-refractivity contribution in [2.45, 2.75) is 19.0 Å². The van der Waals surface area contributed by atoms with Gasteiger partial charge in [-0.05, 0) is 46.4 Å². The monoisotopic (exact) mass is 453 g/mol. The van der Waals surface area contributed by atoms with Crippen molar-refractivity contribution in [2.75, 3.05) is 19.1 Å². The number of hydrogen-bond acceptors (Lipinski definition) is 8. The van der Waals surface area contributed by atoms with Crippen LogP contribution >= 0.6 is 0 Å². The van der Waals surface area contributed by atoms with E-state index in [0.717, 1.165) is 4.90 Å². The molecule has 1 aromatic heterocycles. The van der Waals surface area contributed by atoms with Crippen LogP contribution in [-0.4, -0.2) is 43.3 Å². The number of benzene rings is 2. The summed E-state index contributed by atoms with van der Waals surface area (Å²) in [7, 11) is 2.82. The molecule has 170 valence electrons. The summed E-state index contributed by atoms with van der Waals surface area (Å²) in [4.78, 5) is 50.2. The lowest BCUT2D eigenvalue weighted by molar-refractivity contribution is -0.677. The molecule has 4 rings (SSSR count). The van der Waals surface area contributed by atoms with E-state index in [-0.39, 0.29) is 18.7 Å². The highest BCUT2D eigenvalue weighted by Crippen LogP contribution is 2.23. The summed E-state index contributed by atoms with van der Waals surface area (Å²) >= 11 is 0. The zero-order valence-electron chi connectivity index (χ0n) is 17.9. The number of anilines is 1. The van der Waals surface area contributed by atoms with Gasteiger partial charge in [0.2, 0.25) is 11.6 Å². The van der Waals surface area contributed by atoms with E-state index in [1.165, 1.54) is 36.1 Å². The van der Waals surface area contributed by atoms with Gasteiger partial charge in [0.05, 0.1) is 44.5 Å². The number of methoxy groups -OCH3 is 2. The van der Waals surface area contributed by atoms with Gasteiger partial charge in [0.15, 0.2) is 0 Å². The average Bonchev–Trinajstić information content (AvgIpc) is 3.35. The number of carbonyl (C=O) groups is 3. The molecular formula is C22H21N4O7+. The molecular weight excluding hydrogens is 432 g/mol. The molecule has 0 saturated carbocycles. The van der Waals surface area contributed by atoms with Crippen molar-refractivity contribution in [3.05, 3.63) is 70.2 Å². The van der Waals surface area contributed by atoms with E-state index in [9.17, 15) is 19.2 Å². The Morgan fingerprint density at radius 2 is 1.82 bits per heavy atom. The van der Waals surface area contributed by atoms with Crippen LogP contribution in [0.15, 0.2) is 57.8 Å². The van der Waals surface area contributed by atoms with Gasteiger partial charge < -0.3 is 9.47 Å². The van der Waals surface area contributed by atoms with Crippen molar-refractivity contribution >= 4 is 23.5 Å². The lowest BCUT2D eigenvalue weighted by Crippen LogP contribution is -2.44. The second-order valence-electron chi connectivity index (χ2n) is 7.20. The third-order valence-electron chi connectivity index (χ3n) is 5.27. The highest BCUT2D eigenvalue weighted by Gasteiger charge is 2.40. The molecule has 1 aliphatic rings. The molecule has 1 unspecified atom stereocenters. The number of rotatable bonds is 7. The van der Waals surface area contributed by atoms with Crippen molar-refractivity contribution in [1.29, 1.82) is 0 Å². The second kappa shape index (κ2) is 9.09. The molecule has 0 radical (unpaired) electrons. The molecule has 1 saturated heterocycles. The van der Waals surface area contributed by atoms with Gasteiger partial charge in [-0.1, -0.05) is 0 Å². The number of carbonyl (C=O) groups excluding carboxylic acids is 3. The van der Waals surface area contributed by atoms with Gasteiger partial charge >= 0.3 is 17.3 Å². The predicted molar refractivity (Wildman–Crippen MR) is 113 cm³/mol. The van der Waals surface area contributed by atoms with Gasteiger partial charge in [0.25, 0.3) is 5.91 Å². The van der Waals surface area contributed by atoms with E-state index in [1.54, 1.807) is 31.4 Å². The summed E-state index contributed by atoms with van der Waals surface area (Å²) in [6, 6.07) is 12.1. The van der Waals surface area contributed by atoms with Crippen LogP contribution < -0.4 is 25.3 Å². The average molecular weight is 453 g/mol. The highest BCUT2D eigenvalue weighted by molar-refractivity contribution is 6.22. The van der Waals surface area contributed by atoms with Gasteiger partial charge in [-0.2, -0.15) is 0 Å². The lowest BCUT2D eigenvalue weighted by Gasteiger charge is -2.15. The fourth-order valence-corrected chi connectivity index (χ4v) is 3.53. The topological polar surface area (TPSA) is 135 Å². The molecule has 33 heavy (non-hydrogen) atoms. The molecule has 2 heterocycles. The minimum absolute atomic E-state index is 0.0172. The molecule has 3 aromatic rings. The van der Waals surface area contributed by atoms with Crippen molar-refractivity contribution in [3.8, 4) is 11.4 Å². The molecule has 0 spiro atoms. The minimum atomic E-state index is -0.823. The van der Waals surface area contributed by atoms with Crippen LogP contribution in [0.1, 0.15) is 22.5 Å². The van der Waals surface area contributed by atoms with Gasteiger partial charge in [0, 0.05) is 12.1 Å². The molecule has 11 heteroatoms. The first-order chi connectivity index (χ1) is 15.9. The van der Waals surface area contributed by atoms with Gasteiger partial charge in [-0.3, -0.25) is 19.4 Å². The number of ether oxygens (including phenoxy) is 2. The van der Waals surface area contributed by atoms with E-state index in [1.807, 2.05) is 0 Å². The first-order valence-corrected chi connectivity index (χ1v) is 9.98. The summed E-state index contributed by atoms with van der Waals surface area (Å²) in [6.07, 6.45) is -0.0735. The number of amides is 2. The third kappa shape index (κ3) is 4.26. The maximum atomic E-state index is 12.9. The Morgan fingerprint density at radius 1 is 1.12 bits per heavy atom. The number of nitrogens with one attached hydrogen (secondary N) is 2. The largest absolute Gasteiger partial charge is 0.497 e.